The Labute approximate surface area is 161 Å². The summed E-state index contributed by atoms with van der Waals surface area (Å²) in [7, 11) is -2.88. The second-order valence-corrected chi connectivity index (χ2v) is 9.55. The molecule has 0 atom stereocenters. The first-order chi connectivity index (χ1) is 12.5. The Bertz CT molecular complexity index is 1040. The van der Waals surface area contributed by atoms with Crippen molar-refractivity contribution in [2.75, 3.05) is 11.5 Å². The highest BCUT2D eigenvalue weighted by Crippen LogP contribution is 2.34. The van der Waals surface area contributed by atoms with Crippen LogP contribution in [0.4, 0.5) is 0 Å². The van der Waals surface area contributed by atoms with Crippen LogP contribution in [-0.2, 0) is 22.3 Å². The molecule has 0 amide bonds. The first-order valence-electron chi connectivity index (χ1n) is 8.33. The van der Waals surface area contributed by atoms with E-state index in [2.05, 4.69) is 14.7 Å². The summed E-state index contributed by atoms with van der Waals surface area (Å²) in [4.78, 5) is 4.31. The molecule has 4 rings (SSSR count). The van der Waals surface area contributed by atoms with Crippen LogP contribution < -0.4 is 0 Å². The molecule has 9 heteroatoms. The smallest absolute Gasteiger partial charge is 0.241 e. The van der Waals surface area contributed by atoms with Gasteiger partial charge in [0.1, 0.15) is 15.7 Å². The molecule has 2 aromatic heterocycles. The number of halogens is 2. The zero-order valence-corrected chi connectivity index (χ0v) is 16.2. The highest BCUT2D eigenvalue weighted by molar-refractivity contribution is 7.91. The van der Waals surface area contributed by atoms with Crippen molar-refractivity contribution in [1.29, 1.82) is 0 Å². The van der Waals surface area contributed by atoms with E-state index >= 15 is 0 Å². The highest BCUT2D eigenvalue weighted by Gasteiger charge is 2.25. The molecule has 0 aliphatic carbocycles. The maximum Gasteiger partial charge on any atom is 0.241 e. The van der Waals surface area contributed by atoms with Crippen molar-refractivity contribution in [3.05, 3.63) is 35.3 Å². The number of hydrogen-bond acceptors (Lipinski definition) is 5. The molecule has 1 aromatic carbocycles. The Hall–Kier alpha value is -1.57. The molecule has 1 aliphatic rings. The van der Waals surface area contributed by atoms with Gasteiger partial charge < -0.3 is 9.09 Å². The van der Waals surface area contributed by atoms with Crippen molar-refractivity contribution >= 4 is 43.9 Å². The average Bonchev–Trinajstić information content (AvgIpc) is 3.22. The zero-order chi connectivity index (χ0) is 18.3. The van der Waals surface area contributed by atoms with Crippen LogP contribution in [0.3, 0.4) is 0 Å². The van der Waals surface area contributed by atoms with Gasteiger partial charge in [0.25, 0.3) is 0 Å². The molecular formula is C17H17Cl2N3O3S. The molecular weight excluding hydrogens is 397 g/mol. The molecule has 1 fully saturated rings. The van der Waals surface area contributed by atoms with Gasteiger partial charge in [-0.1, -0.05) is 28.9 Å². The number of nitrogens with zero attached hydrogens (tertiary/aromatic N) is 3. The van der Waals surface area contributed by atoms with Crippen molar-refractivity contribution < 1.29 is 12.9 Å². The standard InChI is InChI=1S/C17H17Cl2N3O3S/c18-8-15-20-17(21-25-15)13-10-22(16-12(13)2-1-3-14(16)19)9-11-4-6-26(23,24)7-5-11/h1-3,10-11H,4-9H2. The number of rotatable bonds is 4. The number of aromatic nitrogens is 3. The molecule has 26 heavy (non-hydrogen) atoms. The van der Waals surface area contributed by atoms with E-state index in [0.29, 0.717) is 42.0 Å². The van der Waals surface area contributed by atoms with E-state index in [0.717, 1.165) is 16.5 Å². The van der Waals surface area contributed by atoms with Crippen molar-refractivity contribution in [2.24, 2.45) is 5.92 Å². The Morgan fingerprint density at radius 2 is 2.04 bits per heavy atom. The molecule has 1 saturated heterocycles. The van der Waals surface area contributed by atoms with E-state index in [4.69, 9.17) is 27.7 Å². The normalized spacial score (nSPS) is 17.8. The summed E-state index contributed by atoms with van der Waals surface area (Å²) in [6, 6.07) is 5.69. The lowest BCUT2D eigenvalue weighted by Crippen LogP contribution is -2.25. The topological polar surface area (TPSA) is 78.0 Å². The summed E-state index contributed by atoms with van der Waals surface area (Å²) >= 11 is 12.2. The van der Waals surface area contributed by atoms with E-state index in [1.54, 1.807) is 0 Å². The largest absolute Gasteiger partial charge is 0.345 e. The van der Waals surface area contributed by atoms with Crippen molar-refractivity contribution in [3.8, 4) is 11.4 Å². The molecule has 6 nitrogen and oxygen atoms in total. The lowest BCUT2D eigenvalue weighted by atomic mass is 10.0. The predicted octanol–water partition coefficient (Wildman–Crippen LogP) is 3.91. The molecule has 138 valence electrons. The van der Waals surface area contributed by atoms with Crippen LogP contribution in [0.25, 0.3) is 22.3 Å². The molecule has 0 saturated carbocycles. The molecule has 0 unspecified atom stereocenters. The van der Waals surface area contributed by atoms with Crippen LogP contribution in [0.1, 0.15) is 18.7 Å². The van der Waals surface area contributed by atoms with Crippen molar-refractivity contribution in [1.82, 2.24) is 14.7 Å². The summed E-state index contributed by atoms with van der Waals surface area (Å²) in [6.07, 6.45) is 3.29. The number of benzene rings is 1. The van der Waals surface area contributed by atoms with Gasteiger partial charge in [-0.25, -0.2) is 8.42 Å². The minimum absolute atomic E-state index is 0.156. The van der Waals surface area contributed by atoms with Gasteiger partial charge >= 0.3 is 0 Å². The van der Waals surface area contributed by atoms with Crippen LogP contribution >= 0.6 is 23.2 Å². The van der Waals surface area contributed by atoms with Crippen LogP contribution in [0, 0.1) is 5.92 Å². The van der Waals surface area contributed by atoms with Crippen LogP contribution in [-0.4, -0.2) is 34.6 Å². The first kappa shape index (κ1) is 17.8. The van der Waals surface area contributed by atoms with Gasteiger partial charge in [0.2, 0.25) is 11.7 Å². The molecule has 0 bridgehead atoms. The Morgan fingerprint density at radius 1 is 1.27 bits per heavy atom. The van der Waals surface area contributed by atoms with E-state index in [1.807, 2.05) is 24.4 Å². The molecule has 0 radical (unpaired) electrons. The highest BCUT2D eigenvalue weighted by atomic mass is 35.5. The van der Waals surface area contributed by atoms with Gasteiger partial charge in [-0.05, 0) is 24.8 Å². The average molecular weight is 414 g/mol. The molecule has 0 spiro atoms. The Morgan fingerprint density at radius 3 is 2.73 bits per heavy atom. The van der Waals surface area contributed by atoms with E-state index in [1.165, 1.54) is 0 Å². The number of alkyl halides is 1. The van der Waals surface area contributed by atoms with Gasteiger partial charge in [-0.3, -0.25) is 0 Å². The zero-order valence-electron chi connectivity index (χ0n) is 13.9. The molecule has 3 heterocycles. The van der Waals surface area contributed by atoms with Gasteiger partial charge in [-0.2, -0.15) is 4.98 Å². The van der Waals surface area contributed by atoms with Crippen molar-refractivity contribution in [2.45, 2.75) is 25.3 Å². The third-order valence-electron chi connectivity index (χ3n) is 4.80. The number of sulfone groups is 1. The van der Waals surface area contributed by atoms with E-state index in [-0.39, 0.29) is 17.4 Å². The van der Waals surface area contributed by atoms with Crippen molar-refractivity contribution in [3.63, 3.8) is 0 Å². The minimum Gasteiger partial charge on any atom is -0.345 e. The lowest BCUT2D eigenvalue weighted by molar-refractivity contribution is 0.391. The number of fused-ring (bicyclic) bond motifs is 1. The fraction of sp³-hybridized carbons (Fsp3) is 0.412. The minimum atomic E-state index is -2.88. The summed E-state index contributed by atoms with van der Waals surface area (Å²) in [5, 5.41) is 5.58. The molecule has 0 N–H and O–H groups in total. The second kappa shape index (κ2) is 6.87. The number of hydrogen-bond donors (Lipinski definition) is 0. The fourth-order valence-corrected chi connectivity index (χ4v) is 5.44. The third-order valence-corrected chi connectivity index (χ3v) is 7.05. The monoisotopic (exact) mass is 413 g/mol. The molecule has 1 aliphatic heterocycles. The van der Waals surface area contributed by atoms with Gasteiger partial charge in [0.05, 0.1) is 22.0 Å². The SMILES string of the molecule is O=S1(=O)CCC(Cn2cc(-c3noc(CCl)n3)c3cccc(Cl)c32)CC1. The Kier molecular flexibility index (Phi) is 4.71. The van der Waals surface area contributed by atoms with E-state index in [9.17, 15) is 8.42 Å². The van der Waals surface area contributed by atoms with Crippen LogP contribution in [0.15, 0.2) is 28.9 Å². The van der Waals surface area contributed by atoms with Gasteiger partial charge in [0, 0.05) is 23.7 Å². The Balaban J connectivity index is 1.73. The van der Waals surface area contributed by atoms with Gasteiger partial charge in [-0.15, -0.1) is 11.6 Å². The van der Waals surface area contributed by atoms with E-state index < -0.39 is 9.84 Å². The molecule has 3 aromatic rings. The number of para-hydroxylation sites is 1. The quantitative estimate of drug-likeness (QED) is 0.605. The van der Waals surface area contributed by atoms with Crippen LogP contribution in [0.2, 0.25) is 5.02 Å². The predicted molar refractivity (Wildman–Crippen MR) is 101 cm³/mol. The maximum atomic E-state index is 11.7. The second-order valence-electron chi connectivity index (χ2n) is 6.57. The van der Waals surface area contributed by atoms with Crippen LogP contribution in [0.5, 0.6) is 0 Å². The summed E-state index contributed by atoms with van der Waals surface area (Å²) in [5.41, 5.74) is 1.72. The van der Waals surface area contributed by atoms with Gasteiger partial charge in [0.15, 0.2) is 0 Å². The third kappa shape index (κ3) is 3.35. The summed E-state index contributed by atoms with van der Waals surface area (Å²) in [6.45, 7) is 0.704. The maximum absolute atomic E-state index is 11.7. The lowest BCUT2D eigenvalue weighted by Gasteiger charge is -2.22. The fourth-order valence-electron chi connectivity index (χ4n) is 3.45. The summed E-state index contributed by atoms with van der Waals surface area (Å²) < 4.78 is 30.5. The first-order valence-corrected chi connectivity index (χ1v) is 11.1. The summed E-state index contributed by atoms with van der Waals surface area (Å²) in [5.74, 6) is 1.79.